The van der Waals surface area contributed by atoms with E-state index in [4.69, 9.17) is 5.26 Å². The normalized spacial score (nSPS) is 14.5. The predicted octanol–water partition coefficient (Wildman–Crippen LogP) is 3.19. The Morgan fingerprint density at radius 3 is 2.53 bits per heavy atom. The quantitative estimate of drug-likeness (QED) is 0.616. The smallest absolute Gasteiger partial charge is 0.104 e. The lowest BCUT2D eigenvalue weighted by molar-refractivity contribution is 0.437. The molecule has 2 nitrogen and oxygen atoms in total. The lowest BCUT2D eigenvalue weighted by atomic mass is 10.0. The maximum Gasteiger partial charge on any atom is 0.104 e. The van der Waals surface area contributed by atoms with Crippen LogP contribution in [0.25, 0.3) is 0 Å². The summed E-state index contributed by atoms with van der Waals surface area (Å²) >= 11 is 1.96. The standard InChI is InChI=1S/C12H24N2S/c1-4-6-9-15-10-7-12(3,11-13)14-8-5-2/h14H,4-10H2,1-3H3. The fraction of sp³-hybridized carbons (Fsp3) is 0.917. The number of nitrogens with one attached hydrogen (secondary N) is 1. The van der Waals surface area contributed by atoms with Crippen molar-refractivity contribution in [2.75, 3.05) is 18.1 Å². The van der Waals surface area contributed by atoms with Crippen LogP contribution in [0, 0.1) is 11.3 Å². The highest BCUT2D eigenvalue weighted by atomic mass is 32.2. The Labute approximate surface area is 98.8 Å². The molecule has 15 heavy (non-hydrogen) atoms. The van der Waals surface area contributed by atoms with Gasteiger partial charge in [0.15, 0.2) is 0 Å². The Morgan fingerprint density at radius 2 is 2.00 bits per heavy atom. The molecule has 1 unspecified atom stereocenters. The molecule has 0 aliphatic rings. The summed E-state index contributed by atoms with van der Waals surface area (Å²) in [6.45, 7) is 7.27. The molecular formula is C12H24N2S. The summed E-state index contributed by atoms with van der Waals surface area (Å²) in [7, 11) is 0. The van der Waals surface area contributed by atoms with Gasteiger partial charge in [-0.15, -0.1) is 0 Å². The van der Waals surface area contributed by atoms with Gasteiger partial charge >= 0.3 is 0 Å². The first-order valence-electron chi connectivity index (χ1n) is 5.92. The van der Waals surface area contributed by atoms with Crippen molar-refractivity contribution >= 4 is 11.8 Å². The van der Waals surface area contributed by atoms with Crippen molar-refractivity contribution in [1.29, 1.82) is 5.26 Å². The largest absolute Gasteiger partial charge is 0.300 e. The van der Waals surface area contributed by atoms with E-state index in [0.717, 1.165) is 25.1 Å². The molecular weight excluding hydrogens is 204 g/mol. The Balaban J connectivity index is 3.64. The highest BCUT2D eigenvalue weighted by Crippen LogP contribution is 2.14. The first-order valence-corrected chi connectivity index (χ1v) is 7.08. The van der Waals surface area contributed by atoms with Crippen molar-refractivity contribution in [3.63, 3.8) is 0 Å². The maximum absolute atomic E-state index is 9.09. The number of thioether (sulfide) groups is 1. The first-order chi connectivity index (χ1) is 7.18. The molecule has 3 heteroatoms. The van der Waals surface area contributed by atoms with Crippen molar-refractivity contribution in [2.45, 2.75) is 52.0 Å². The Bertz CT molecular complexity index is 189. The van der Waals surface area contributed by atoms with Crippen LogP contribution in [0.4, 0.5) is 0 Å². The molecule has 0 aromatic carbocycles. The second-order valence-electron chi connectivity index (χ2n) is 4.09. The van der Waals surface area contributed by atoms with Gasteiger partial charge in [-0.05, 0) is 44.2 Å². The third kappa shape index (κ3) is 7.70. The second-order valence-corrected chi connectivity index (χ2v) is 5.31. The second kappa shape index (κ2) is 9.06. The molecule has 0 spiro atoms. The van der Waals surface area contributed by atoms with E-state index in [9.17, 15) is 0 Å². The highest BCUT2D eigenvalue weighted by molar-refractivity contribution is 7.99. The molecule has 1 atom stereocenters. The molecule has 0 aromatic rings. The van der Waals surface area contributed by atoms with Gasteiger partial charge in [0.25, 0.3) is 0 Å². The Morgan fingerprint density at radius 1 is 1.27 bits per heavy atom. The van der Waals surface area contributed by atoms with E-state index in [1.54, 1.807) is 0 Å². The van der Waals surface area contributed by atoms with E-state index in [1.165, 1.54) is 18.6 Å². The predicted molar refractivity (Wildman–Crippen MR) is 69.2 cm³/mol. The maximum atomic E-state index is 9.09. The zero-order valence-corrected chi connectivity index (χ0v) is 11.1. The van der Waals surface area contributed by atoms with Crippen LogP contribution in [0.2, 0.25) is 0 Å². The minimum Gasteiger partial charge on any atom is -0.300 e. The number of hydrogen-bond donors (Lipinski definition) is 1. The molecule has 0 saturated carbocycles. The molecule has 0 fully saturated rings. The molecule has 0 aliphatic heterocycles. The molecule has 0 saturated heterocycles. The summed E-state index contributed by atoms with van der Waals surface area (Å²) in [5, 5.41) is 12.4. The van der Waals surface area contributed by atoms with Gasteiger partial charge in [-0.2, -0.15) is 17.0 Å². The summed E-state index contributed by atoms with van der Waals surface area (Å²) in [6, 6.07) is 2.38. The van der Waals surface area contributed by atoms with Gasteiger partial charge in [0.1, 0.15) is 5.54 Å². The lowest BCUT2D eigenvalue weighted by Gasteiger charge is -2.22. The van der Waals surface area contributed by atoms with Crippen LogP contribution in [0.1, 0.15) is 46.5 Å². The number of unbranched alkanes of at least 4 members (excludes halogenated alkanes) is 1. The minimum absolute atomic E-state index is 0.324. The van der Waals surface area contributed by atoms with Crippen molar-refractivity contribution < 1.29 is 0 Å². The van der Waals surface area contributed by atoms with Gasteiger partial charge in [-0.3, -0.25) is 5.32 Å². The number of rotatable bonds is 9. The minimum atomic E-state index is -0.324. The molecule has 0 radical (unpaired) electrons. The summed E-state index contributed by atoms with van der Waals surface area (Å²) in [5.41, 5.74) is -0.324. The van der Waals surface area contributed by atoms with Gasteiger partial charge in [0.05, 0.1) is 6.07 Å². The fourth-order valence-electron chi connectivity index (χ4n) is 1.21. The average molecular weight is 228 g/mol. The molecule has 0 aromatic heterocycles. The van der Waals surface area contributed by atoms with Crippen molar-refractivity contribution in [1.82, 2.24) is 5.32 Å². The number of nitriles is 1. The summed E-state index contributed by atoms with van der Waals surface area (Å²) < 4.78 is 0. The number of hydrogen-bond acceptors (Lipinski definition) is 3. The lowest BCUT2D eigenvalue weighted by Crippen LogP contribution is -2.41. The van der Waals surface area contributed by atoms with E-state index in [-0.39, 0.29) is 5.54 Å². The van der Waals surface area contributed by atoms with Crippen LogP contribution in [0.15, 0.2) is 0 Å². The van der Waals surface area contributed by atoms with E-state index >= 15 is 0 Å². The summed E-state index contributed by atoms with van der Waals surface area (Å²) in [6.07, 6.45) is 4.57. The first kappa shape index (κ1) is 14.8. The van der Waals surface area contributed by atoms with Crippen molar-refractivity contribution in [2.24, 2.45) is 0 Å². The average Bonchev–Trinajstić information content (AvgIpc) is 2.26. The van der Waals surface area contributed by atoms with E-state index in [1.807, 2.05) is 18.7 Å². The van der Waals surface area contributed by atoms with Crippen LogP contribution in [0.3, 0.4) is 0 Å². The van der Waals surface area contributed by atoms with Gasteiger partial charge in [-0.25, -0.2) is 0 Å². The van der Waals surface area contributed by atoms with Crippen LogP contribution in [-0.4, -0.2) is 23.6 Å². The van der Waals surface area contributed by atoms with Crippen molar-refractivity contribution in [3.8, 4) is 6.07 Å². The third-order valence-corrected chi connectivity index (χ3v) is 3.47. The van der Waals surface area contributed by atoms with Gasteiger partial charge in [0, 0.05) is 0 Å². The monoisotopic (exact) mass is 228 g/mol. The molecule has 0 rings (SSSR count). The van der Waals surface area contributed by atoms with Crippen LogP contribution < -0.4 is 5.32 Å². The molecule has 0 aliphatic carbocycles. The molecule has 1 N–H and O–H groups in total. The van der Waals surface area contributed by atoms with Crippen LogP contribution in [-0.2, 0) is 0 Å². The third-order valence-electron chi connectivity index (χ3n) is 2.40. The van der Waals surface area contributed by atoms with E-state index < -0.39 is 0 Å². The van der Waals surface area contributed by atoms with Crippen LogP contribution >= 0.6 is 11.8 Å². The fourth-order valence-corrected chi connectivity index (χ4v) is 2.46. The van der Waals surface area contributed by atoms with Gasteiger partial charge in [0.2, 0.25) is 0 Å². The highest BCUT2D eigenvalue weighted by Gasteiger charge is 2.21. The molecule has 88 valence electrons. The Kier molecular flexibility index (Phi) is 8.94. The molecule has 0 bridgehead atoms. The topological polar surface area (TPSA) is 35.8 Å². The van der Waals surface area contributed by atoms with Crippen molar-refractivity contribution in [3.05, 3.63) is 0 Å². The zero-order chi connectivity index (χ0) is 11.6. The van der Waals surface area contributed by atoms with E-state index in [2.05, 4.69) is 25.2 Å². The van der Waals surface area contributed by atoms with Gasteiger partial charge < -0.3 is 0 Å². The summed E-state index contributed by atoms with van der Waals surface area (Å²) in [4.78, 5) is 0. The Hall–Kier alpha value is -0.200. The SMILES string of the molecule is CCCCSCCC(C)(C#N)NCCC. The molecule has 0 amide bonds. The number of nitrogens with zero attached hydrogens (tertiary/aromatic N) is 1. The summed E-state index contributed by atoms with van der Waals surface area (Å²) in [5.74, 6) is 2.31. The van der Waals surface area contributed by atoms with Crippen LogP contribution in [0.5, 0.6) is 0 Å². The molecule has 0 heterocycles. The van der Waals surface area contributed by atoms with E-state index in [0.29, 0.717) is 0 Å². The zero-order valence-electron chi connectivity index (χ0n) is 10.3. The van der Waals surface area contributed by atoms with Gasteiger partial charge in [-0.1, -0.05) is 20.3 Å².